The van der Waals surface area contributed by atoms with Crippen molar-refractivity contribution in [3.63, 3.8) is 0 Å². The van der Waals surface area contributed by atoms with Crippen molar-refractivity contribution in [1.82, 2.24) is 0 Å². The van der Waals surface area contributed by atoms with Crippen molar-refractivity contribution in [3.05, 3.63) is 11.5 Å². The van der Waals surface area contributed by atoms with Gasteiger partial charge < -0.3 is 44.8 Å². The summed E-state index contributed by atoms with van der Waals surface area (Å²) in [6.45, 7) is -0.147. The highest BCUT2D eigenvalue weighted by Crippen LogP contribution is 2.30. The Kier molecular flexibility index (Phi) is 14.5. The normalized spacial score (nSPS) is 20.1. The first kappa shape index (κ1) is 28.6. The molecule has 10 heteroatoms. The van der Waals surface area contributed by atoms with E-state index in [1.807, 2.05) is 0 Å². The minimum atomic E-state index is -1.49. The number of esters is 1. The first-order valence-electron chi connectivity index (χ1n) is 11.5. The van der Waals surface area contributed by atoms with Crippen molar-refractivity contribution < 1.29 is 49.6 Å². The molecule has 0 aliphatic carbocycles. The van der Waals surface area contributed by atoms with Gasteiger partial charge in [-0.15, -0.1) is 0 Å². The number of aliphatic hydroxyl groups is 6. The van der Waals surface area contributed by atoms with Crippen molar-refractivity contribution in [2.75, 3.05) is 26.4 Å². The summed E-state index contributed by atoms with van der Waals surface area (Å²) in [6.07, 6.45) is 2.72. The van der Waals surface area contributed by atoms with E-state index in [-0.39, 0.29) is 5.76 Å². The van der Waals surface area contributed by atoms with Crippen LogP contribution in [0.4, 0.5) is 0 Å². The average Bonchev–Trinajstić information content (AvgIpc) is 3.11. The zero-order valence-corrected chi connectivity index (χ0v) is 18.9. The standard InChI is InChI=1S/C22H40O10/c1-2-3-4-5-6-7-8-9-10-18(16(27)12-24)31-20-19(17(28)13-25)32-22(29)21(20)30-14-15(26)11-23/h15-19,23-28H,2-14H2,1H3/t15?,16?,17-,18?,19+/m0/s1. The van der Waals surface area contributed by atoms with Crippen LogP contribution in [0, 0.1) is 0 Å². The van der Waals surface area contributed by atoms with Crippen LogP contribution in [0.2, 0.25) is 0 Å². The smallest absolute Gasteiger partial charge is 0.378 e. The topological polar surface area (TPSA) is 166 Å². The highest BCUT2D eigenvalue weighted by Gasteiger charge is 2.43. The number of carbonyl (C=O) groups excluding carboxylic acids is 1. The zero-order valence-electron chi connectivity index (χ0n) is 18.9. The molecule has 6 N–H and O–H groups in total. The van der Waals surface area contributed by atoms with Gasteiger partial charge in [-0.05, 0) is 12.8 Å². The molecular weight excluding hydrogens is 424 g/mol. The van der Waals surface area contributed by atoms with Gasteiger partial charge in [0.1, 0.15) is 31.0 Å². The molecule has 0 spiro atoms. The van der Waals surface area contributed by atoms with Gasteiger partial charge in [0.25, 0.3) is 0 Å². The first-order chi connectivity index (χ1) is 15.4. The summed E-state index contributed by atoms with van der Waals surface area (Å²) in [5.41, 5.74) is 0. The number of unbranched alkanes of at least 4 members (excludes halogenated alkanes) is 7. The molecule has 1 rings (SSSR count). The van der Waals surface area contributed by atoms with Crippen LogP contribution in [0.15, 0.2) is 11.5 Å². The third-order valence-electron chi connectivity index (χ3n) is 5.31. The summed E-state index contributed by atoms with van der Waals surface area (Å²) < 4.78 is 16.1. The second kappa shape index (κ2) is 16.2. The fourth-order valence-corrected chi connectivity index (χ4v) is 3.37. The molecule has 5 atom stereocenters. The van der Waals surface area contributed by atoms with Gasteiger partial charge in [-0.1, -0.05) is 51.9 Å². The van der Waals surface area contributed by atoms with Crippen LogP contribution < -0.4 is 0 Å². The second-order valence-electron chi connectivity index (χ2n) is 8.09. The van der Waals surface area contributed by atoms with Gasteiger partial charge in [0, 0.05) is 0 Å². The molecule has 0 amide bonds. The van der Waals surface area contributed by atoms with Gasteiger partial charge in [0.2, 0.25) is 5.76 Å². The molecular formula is C22H40O10. The van der Waals surface area contributed by atoms with E-state index in [1.165, 1.54) is 25.7 Å². The molecule has 0 aromatic rings. The van der Waals surface area contributed by atoms with Crippen molar-refractivity contribution in [2.24, 2.45) is 0 Å². The maximum Gasteiger partial charge on any atom is 0.378 e. The molecule has 1 aliphatic rings. The van der Waals surface area contributed by atoms with Gasteiger partial charge >= 0.3 is 5.97 Å². The first-order valence-corrected chi connectivity index (χ1v) is 11.5. The van der Waals surface area contributed by atoms with Gasteiger partial charge in [-0.3, -0.25) is 0 Å². The van der Waals surface area contributed by atoms with E-state index in [4.69, 9.17) is 19.3 Å². The monoisotopic (exact) mass is 464 g/mol. The van der Waals surface area contributed by atoms with Crippen molar-refractivity contribution in [1.29, 1.82) is 0 Å². The average molecular weight is 465 g/mol. The number of aliphatic hydroxyl groups excluding tert-OH is 6. The number of hydrogen-bond donors (Lipinski definition) is 6. The molecule has 0 fully saturated rings. The molecule has 32 heavy (non-hydrogen) atoms. The lowest BCUT2D eigenvalue weighted by Crippen LogP contribution is -2.37. The van der Waals surface area contributed by atoms with E-state index in [0.29, 0.717) is 12.8 Å². The molecule has 188 valence electrons. The third kappa shape index (κ3) is 9.60. The molecule has 0 aromatic carbocycles. The Morgan fingerprint density at radius 1 is 0.906 bits per heavy atom. The van der Waals surface area contributed by atoms with Crippen molar-refractivity contribution >= 4 is 5.97 Å². The minimum absolute atomic E-state index is 0.223. The summed E-state index contributed by atoms with van der Waals surface area (Å²) in [6, 6.07) is 0. The van der Waals surface area contributed by atoms with Crippen LogP contribution in [0.5, 0.6) is 0 Å². The summed E-state index contributed by atoms with van der Waals surface area (Å²) in [7, 11) is 0. The Morgan fingerprint density at radius 3 is 2.09 bits per heavy atom. The Balaban J connectivity index is 2.81. The van der Waals surface area contributed by atoms with Crippen LogP contribution >= 0.6 is 0 Å². The Hall–Kier alpha value is -1.43. The Morgan fingerprint density at radius 2 is 1.53 bits per heavy atom. The fraction of sp³-hybridized carbons (Fsp3) is 0.864. The van der Waals surface area contributed by atoms with Crippen LogP contribution in [0.25, 0.3) is 0 Å². The lowest BCUT2D eigenvalue weighted by Gasteiger charge is -2.26. The van der Waals surface area contributed by atoms with Crippen molar-refractivity contribution in [2.45, 2.75) is 95.2 Å². The molecule has 0 aromatic heterocycles. The summed E-state index contributed by atoms with van der Waals surface area (Å²) in [5.74, 6) is -1.60. The SMILES string of the molecule is CCCCCCCCCCC(OC1=C(OCC(O)CO)C(=O)O[C@@H]1[C@@H](O)CO)C(O)CO. The van der Waals surface area contributed by atoms with Crippen LogP contribution in [0.1, 0.15) is 64.7 Å². The Bertz CT molecular complexity index is 553. The highest BCUT2D eigenvalue weighted by molar-refractivity contribution is 5.89. The number of cyclic esters (lactones) is 1. The summed E-state index contributed by atoms with van der Waals surface area (Å²) in [4.78, 5) is 12.2. The molecule has 1 heterocycles. The van der Waals surface area contributed by atoms with Gasteiger partial charge in [-0.2, -0.15) is 0 Å². The maximum atomic E-state index is 12.2. The third-order valence-corrected chi connectivity index (χ3v) is 5.31. The van der Waals surface area contributed by atoms with E-state index >= 15 is 0 Å². The van der Waals surface area contributed by atoms with Crippen molar-refractivity contribution in [3.8, 4) is 0 Å². The number of carbonyl (C=O) groups is 1. The largest absolute Gasteiger partial charge is 0.484 e. The second-order valence-corrected chi connectivity index (χ2v) is 8.09. The minimum Gasteiger partial charge on any atom is -0.484 e. The molecule has 0 radical (unpaired) electrons. The molecule has 0 bridgehead atoms. The van der Waals surface area contributed by atoms with E-state index < -0.39 is 68.7 Å². The highest BCUT2D eigenvalue weighted by atomic mass is 16.6. The lowest BCUT2D eigenvalue weighted by atomic mass is 10.0. The molecule has 10 nitrogen and oxygen atoms in total. The quantitative estimate of drug-likeness (QED) is 0.114. The number of ether oxygens (including phenoxy) is 3. The molecule has 0 saturated carbocycles. The number of hydrogen-bond acceptors (Lipinski definition) is 10. The number of rotatable bonds is 19. The zero-order chi connectivity index (χ0) is 23.9. The summed E-state index contributed by atoms with van der Waals surface area (Å²) >= 11 is 0. The molecule has 0 saturated heterocycles. The van der Waals surface area contributed by atoms with Crippen LogP contribution in [0.3, 0.4) is 0 Å². The lowest BCUT2D eigenvalue weighted by molar-refractivity contribution is -0.150. The van der Waals surface area contributed by atoms with Gasteiger partial charge in [0.15, 0.2) is 11.9 Å². The molecule has 1 aliphatic heterocycles. The van der Waals surface area contributed by atoms with E-state index in [1.54, 1.807) is 0 Å². The fourth-order valence-electron chi connectivity index (χ4n) is 3.37. The predicted molar refractivity (Wildman–Crippen MR) is 114 cm³/mol. The van der Waals surface area contributed by atoms with Crippen LogP contribution in [-0.2, 0) is 19.0 Å². The molecule has 3 unspecified atom stereocenters. The van der Waals surface area contributed by atoms with E-state index in [0.717, 1.165) is 19.3 Å². The van der Waals surface area contributed by atoms with Gasteiger partial charge in [-0.25, -0.2) is 4.79 Å². The van der Waals surface area contributed by atoms with E-state index in [9.17, 15) is 30.3 Å². The maximum absolute atomic E-state index is 12.2. The predicted octanol–water partition coefficient (Wildman–Crippen LogP) is 0.116. The van der Waals surface area contributed by atoms with Gasteiger partial charge in [0.05, 0.1) is 19.8 Å². The summed E-state index contributed by atoms with van der Waals surface area (Å²) in [5, 5.41) is 57.4. The van der Waals surface area contributed by atoms with Crippen LogP contribution in [-0.4, -0.2) is 93.6 Å². The van der Waals surface area contributed by atoms with E-state index in [2.05, 4.69) is 6.92 Å². The Labute approximate surface area is 189 Å².